The van der Waals surface area contributed by atoms with Crippen LogP contribution in [0.1, 0.15) is 27.2 Å². The van der Waals surface area contributed by atoms with Crippen LogP contribution in [0.4, 0.5) is 4.79 Å². The van der Waals surface area contributed by atoms with Crippen LogP contribution in [0.25, 0.3) is 0 Å². The number of hydroxylamine groups is 2. The van der Waals surface area contributed by atoms with Gasteiger partial charge in [0, 0.05) is 5.33 Å². The van der Waals surface area contributed by atoms with Crippen molar-refractivity contribution in [3.8, 4) is 0 Å². The number of nitrogens with zero attached hydrogens (tertiary/aromatic N) is 1. The van der Waals surface area contributed by atoms with E-state index < -0.39 is 11.7 Å². The molecule has 4 nitrogen and oxygen atoms in total. The van der Waals surface area contributed by atoms with Crippen molar-refractivity contribution in [3.05, 3.63) is 0 Å². The lowest BCUT2D eigenvalue weighted by Gasteiger charge is -2.25. The fraction of sp³-hybridized carbons (Fsp3) is 0.889. The van der Waals surface area contributed by atoms with Crippen molar-refractivity contribution < 1.29 is 14.4 Å². The lowest BCUT2D eigenvalue weighted by atomic mass is 10.2. The molecule has 0 aliphatic carbocycles. The van der Waals surface area contributed by atoms with Gasteiger partial charge in [0.1, 0.15) is 5.60 Å². The molecule has 0 rings (SSSR count). The summed E-state index contributed by atoms with van der Waals surface area (Å²) in [5.41, 5.74) is -0.484. The maximum Gasteiger partial charge on any atom is 0.434 e. The number of carbonyl (C=O) groups is 1. The topological polar surface area (TPSA) is 38.8 Å². The summed E-state index contributed by atoms with van der Waals surface area (Å²) in [6, 6.07) is 0. The summed E-state index contributed by atoms with van der Waals surface area (Å²) < 4.78 is 5.13. The number of alkyl halides is 1. The van der Waals surface area contributed by atoms with Crippen molar-refractivity contribution in [1.29, 1.82) is 0 Å². The largest absolute Gasteiger partial charge is 0.442 e. The fourth-order valence-electron chi connectivity index (χ4n) is 0.773. The molecule has 5 heteroatoms. The van der Waals surface area contributed by atoms with Crippen LogP contribution in [0.3, 0.4) is 0 Å². The zero-order chi connectivity index (χ0) is 11.2. The Morgan fingerprint density at radius 3 is 2.36 bits per heavy atom. The Morgan fingerprint density at radius 2 is 2.00 bits per heavy atom. The van der Waals surface area contributed by atoms with Crippen molar-refractivity contribution in [3.63, 3.8) is 0 Å². The van der Waals surface area contributed by atoms with Crippen molar-refractivity contribution in [2.24, 2.45) is 0 Å². The first-order valence-electron chi connectivity index (χ1n) is 4.51. The molecule has 0 bridgehead atoms. The van der Waals surface area contributed by atoms with E-state index in [9.17, 15) is 4.79 Å². The molecule has 84 valence electrons. The lowest BCUT2D eigenvalue weighted by molar-refractivity contribution is -0.123. The molecular weight excluding hydrogens is 250 g/mol. The van der Waals surface area contributed by atoms with E-state index in [1.807, 2.05) is 20.8 Å². The van der Waals surface area contributed by atoms with Crippen LogP contribution in [0.15, 0.2) is 0 Å². The van der Waals surface area contributed by atoms with E-state index in [-0.39, 0.29) is 0 Å². The van der Waals surface area contributed by atoms with E-state index in [0.29, 0.717) is 6.54 Å². The standard InChI is InChI=1S/C9H18BrNO3/c1-9(2,3)14-8(12)11(13-4)7-5-6-10/h5-7H2,1-4H3. The van der Waals surface area contributed by atoms with Gasteiger partial charge in [-0.05, 0) is 27.2 Å². The van der Waals surface area contributed by atoms with Gasteiger partial charge in [-0.2, -0.15) is 5.06 Å². The minimum absolute atomic E-state index is 0.444. The molecule has 14 heavy (non-hydrogen) atoms. The highest BCUT2D eigenvalue weighted by atomic mass is 79.9. The van der Waals surface area contributed by atoms with Gasteiger partial charge in [0.2, 0.25) is 0 Å². The summed E-state index contributed by atoms with van der Waals surface area (Å²) >= 11 is 3.28. The molecule has 0 unspecified atom stereocenters. The van der Waals surface area contributed by atoms with Crippen LogP contribution in [-0.2, 0) is 9.57 Å². The maximum atomic E-state index is 11.5. The number of rotatable bonds is 4. The summed E-state index contributed by atoms with van der Waals surface area (Å²) in [4.78, 5) is 16.4. The Kier molecular flexibility index (Phi) is 6.11. The molecule has 0 aromatic carbocycles. The monoisotopic (exact) mass is 267 g/mol. The molecule has 0 saturated carbocycles. The van der Waals surface area contributed by atoms with Gasteiger partial charge >= 0.3 is 6.09 Å². The predicted octanol–water partition coefficient (Wildman–Crippen LogP) is 2.57. The molecule has 0 N–H and O–H groups in total. The van der Waals surface area contributed by atoms with Crippen LogP contribution in [0.5, 0.6) is 0 Å². The lowest BCUT2D eigenvalue weighted by Crippen LogP contribution is -2.36. The SMILES string of the molecule is CON(CCCBr)C(=O)OC(C)(C)C. The molecule has 0 aromatic rings. The molecule has 0 heterocycles. The van der Waals surface area contributed by atoms with E-state index >= 15 is 0 Å². The molecule has 0 aliphatic rings. The Balaban J connectivity index is 4.04. The summed E-state index contributed by atoms with van der Waals surface area (Å²) in [6.07, 6.45) is 0.383. The average molecular weight is 268 g/mol. The van der Waals surface area contributed by atoms with E-state index in [0.717, 1.165) is 11.8 Å². The average Bonchev–Trinajstić information content (AvgIpc) is 2.02. The van der Waals surface area contributed by atoms with Gasteiger partial charge in [-0.3, -0.25) is 4.84 Å². The summed E-state index contributed by atoms with van der Waals surface area (Å²) in [7, 11) is 1.46. The highest BCUT2D eigenvalue weighted by molar-refractivity contribution is 9.09. The molecule has 0 fully saturated rings. The molecule has 0 atom stereocenters. The number of halogens is 1. The molecular formula is C9H18BrNO3. The smallest absolute Gasteiger partial charge is 0.434 e. The molecule has 0 spiro atoms. The van der Waals surface area contributed by atoms with E-state index in [4.69, 9.17) is 9.57 Å². The van der Waals surface area contributed by atoms with Gasteiger partial charge in [0.05, 0.1) is 13.7 Å². The second-order valence-corrected chi connectivity index (χ2v) is 4.60. The van der Waals surface area contributed by atoms with E-state index in [1.54, 1.807) is 0 Å². The van der Waals surface area contributed by atoms with Crippen LogP contribution >= 0.6 is 15.9 Å². The third-order valence-electron chi connectivity index (χ3n) is 1.31. The van der Waals surface area contributed by atoms with Gasteiger partial charge < -0.3 is 4.74 Å². The number of amides is 1. The Morgan fingerprint density at radius 1 is 1.43 bits per heavy atom. The predicted molar refractivity (Wildman–Crippen MR) is 58.4 cm³/mol. The van der Waals surface area contributed by atoms with Crippen LogP contribution < -0.4 is 0 Å². The maximum absolute atomic E-state index is 11.5. The molecule has 0 saturated heterocycles. The van der Waals surface area contributed by atoms with E-state index in [1.165, 1.54) is 12.2 Å². The number of hydrogen-bond acceptors (Lipinski definition) is 3. The Hall–Kier alpha value is -0.290. The van der Waals surface area contributed by atoms with Crippen LogP contribution in [-0.4, -0.2) is 35.7 Å². The summed E-state index contributed by atoms with van der Waals surface area (Å²) in [5, 5.41) is 2.04. The van der Waals surface area contributed by atoms with Gasteiger partial charge in [-0.15, -0.1) is 0 Å². The minimum Gasteiger partial charge on any atom is -0.442 e. The second-order valence-electron chi connectivity index (χ2n) is 3.81. The van der Waals surface area contributed by atoms with Crippen LogP contribution in [0.2, 0.25) is 0 Å². The zero-order valence-electron chi connectivity index (χ0n) is 9.17. The van der Waals surface area contributed by atoms with Gasteiger partial charge in [0.15, 0.2) is 0 Å². The molecule has 0 radical (unpaired) electrons. The van der Waals surface area contributed by atoms with Gasteiger partial charge in [-0.1, -0.05) is 15.9 Å². The van der Waals surface area contributed by atoms with Crippen LogP contribution in [0, 0.1) is 0 Å². The highest BCUT2D eigenvalue weighted by Gasteiger charge is 2.21. The van der Waals surface area contributed by atoms with Crippen molar-refractivity contribution in [2.75, 3.05) is 19.0 Å². The third kappa shape index (κ3) is 6.21. The summed E-state index contributed by atoms with van der Waals surface area (Å²) in [6.45, 7) is 5.99. The quantitative estimate of drug-likeness (QED) is 0.581. The molecule has 1 amide bonds. The second kappa shape index (κ2) is 6.24. The van der Waals surface area contributed by atoms with Gasteiger partial charge in [0.25, 0.3) is 0 Å². The first kappa shape index (κ1) is 13.7. The first-order valence-corrected chi connectivity index (χ1v) is 5.63. The fourth-order valence-corrected chi connectivity index (χ4v) is 1.02. The van der Waals surface area contributed by atoms with Crippen molar-refractivity contribution in [2.45, 2.75) is 32.8 Å². The molecule has 0 aliphatic heterocycles. The number of ether oxygens (including phenoxy) is 1. The third-order valence-corrected chi connectivity index (χ3v) is 1.87. The Bertz CT molecular complexity index is 179. The van der Waals surface area contributed by atoms with Crippen molar-refractivity contribution >= 4 is 22.0 Å². The summed E-state index contributed by atoms with van der Waals surface area (Å²) in [5.74, 6) is 0. The minimum atomic E-state index is -0.484. The first-order chi connectivity index (χ1) is 6.40. The van der Waals surface area contributed by atoms with E-state index in [2.05, 4.69) is 15.9 Å². The highest BCUT2D eigenvalue weighted by Crippen LogP contribution is 2.10. The van der Waals surface area contributed by atoms with Gasteiger partial charge in [-0.25, -0.2) is 4.79 Å². The number of carbonyl (C=O) groups excluding carboxylic acids is 1. The number of hydrogen-bond donors (Lipinski definition) is 0. The zero-order valence-corrected chi connectivity index (χ0v) is 10.8. The normalized spacial score (nSPS) is 11.2. The molecule has 0 aromatic heterocycles. The van der Waals surface area contributed by atoms with Crippen molar-refractivity contribution in [1.82, 2.24) is 5.06 Å². The Labute approximate surface area is 93.6 Å².